The van der Waals surface area contributed by atoms with E-state index < -0.39 is 10.1 Å². The highest BCUT2D eigenvalue weighted by atomic mass is 32.2. The summed E-state index contributed by atoms with van der Waals surface area (Å²) >= 11 is 0. The fourth-order valence-electron chi connectivity index (χ4n) is 2.06. The predicted molar refractivity (Wildman–Crippen MR) is 99.2 cm³/mol. The minimum Gasteiger partial charge on any atom is -0.382 e. The molecule has 2 amide bonds. The fourth-order valence-corrected chi connectivity index (χ4v) is 2.55. The normalized spacial score (nSPS) is 12.1. The van der Waals surface area contributed by atoms with Crippen molar-refractivity contribution in [1.82, 2.24) is 15.1 Å². The van der Waals surface area contributed by atoms with Gasteiger partial charge in [-0.25, -0.2) is 4.79 Å². The lowest BCUT2D eigenvalue weighted by Crippen LogP contribution is -2.49. The number of rotatable bonds is 7. The van der Waals surface area contributed by atoms with Crippen molar-refractivity contribution in [1.29, 1.82) is 0 Å². The SMILES string of the molecule is CN(C)CCN(Cc1ccccc1OS(C)(=O)=O)C(=O)NC(C)(C)C. The van der Waals surface area contributed by atoms with Gasteiger partial charge in [-0.2, -0.15) is 8.42 Å². The number of carbonyl (C=O) groups is 1. The summed E-state index contributed by atoms with van der Waals surface area (Å²) in [5.41, 5.74) is 0.270. The Morgan fingerprint density at radius 3 is 2.28 bits per heavy atom. The van der Waals surface area contributed by atoms with Gasteiger partial charge >= 0.3 is 16.1 Å². The minimum absolute atomic E-state index is 0.205. The standard InChI is InChI=1S/C17H29N3O4S/c1-17(2,3)18-16(21)20(12-11-19(4)5)13-14-9-7-8-10-15(14)24-25(6,22)23/h7-10H,11-13H2,1-6H3,(H,18,21). The van der Waals surface area contributed by atoms with E-state index in [4.69, 9.17) is 4.18 Å². The van der Waals surface area contributed by atoms with Gasteiger partial charge in [0.2, 0.25) is 0 Å². The van der Waals surface area contributed by atoms with Crippen LogP contribution in [-0.2, 0) is 16.7 Å². The quantitative estimate of drug-likeness (QED) is 0.741. The van der Waals surface area contributed by atoms with E-state index in [0.29, 0.717) is 18.7 Å². The Kier molecular flexibility index (Phi) is 7.25. The van der Waals surface area contributed by atoms with E-state index in [1.54, 1.807) is 29.2 Å². The molecule has 1 N–H and O–H groups in total. The Hall–Kier alpha value is -1.80. The van der Waals surface area contributed by atoms with Crippen LogP contribution in [0.2, 0.25) is 0 Å². The van der Waals surface area contributed by atoms with Gasteiger partial charge in [0.1, 0.15) is 5.75 Å². The molecule has 0 spiro atoms. The zero-order valence-corrected chi connectivity index (χ0v) is 16.7. The third-order valence-electron chi connectivity index (χ3n) is 3.16. The molecule has 0 saturated carbocycles. The van der Waals surface area contributed by atoms with Crippen molar-refractivity contribution in [2.75, 3.05) is 33.4 Å². The molecule has 1 rings (SSSR count). The van der Waals surface area contributed by atoms with Crippen LogP contribution in [0, 0.1) is 0 Å². The Morgan fingerprint density at radius 2 is 1.76 bits per heavy atom. The van der Waals surface area contributed by atoms with Crippen LogP contribution in [0.5, 0.6) is 5.75 Å². The average Bonchev–Trinajstić information content (AvgIpc) is 2.41. The van der Waals surface area contributed by atoms with Gasteiger partial charge in [-0.05, 0) is 40.9 Å². The Bertz CT molecular complexity index is 681. The average molecular weight is 372 g/mol. The highest BCUT2D eigenvalue weighted by Crippen LogP contribution is 2.21. The van der Waals surface area contributed by atoms with E-state index in [1.165, 1.54) is 0 Å². The van der Waals surface area contributed by atoms with Gasteiger partial charge in [0.25, 0.3) is 0 Å². The third kappa shape index (κ3) is 8.74. The van der Waals surface area contributed by atoms with Crippen LogP contribution in [0.15, 0.2) is 24.3 Å². The summed E-state index contributed by atoms with van der Waals surface area (Å²) in [6, 6.07) is 6.62. The Labute approximate surface area is 151 Å². The van der Waals surface area contributed by atoms with E-state index in [-0.39, 0.29) is 23.9 Å². The summed E-state index contributed by atoms with van der Waals surface area (Å²) in [5.74, 6) is 0.239. The number of urea groups is 1. The van der Waals surface area contributed by atoms with Crippen LogP contribution in [0.4, 0.5) is 4.79 Å². The van der Waals surface area contributed by atoms with Crippen LogP contribution < -0.4 is 9.50 Å². The van der Waals surface area contributed by atoms with Crippen LogP contribution in [0.3, 0.4) is 0 Å². The molecule has 0 aliphatic heterocycles. The largest absolute Gasteiger partial charge is 0.382 e. The number of para-hydroxylation sites is 1. The van der Waals surface area contributed by atoms with Crippen molar-refractivity contribution in [2.45, 2.75) is 32.9 Å². The molecule has 0 aliphatic rings. The highest BCUT2D eigenvalue weighted by Gasteiger charge is 2.21. The smallest absolute Gasteiger partial charge is 0.318 e. The van der Waals surface area contributed by atoms with Crippen molar-refractivity contribution in [3.63, 3.8) is 0 Å². The van der Waals surface area contributed by atoms with E-state index in [0.717, 1.165) is 6.26 Å². The van der Waals surface area contributed by atoms with Crippen molar-refractivity contribution >= 4 is 16.1 Å². The molecule has 0 aromatic heterocycles. The number of hydrogen-bond acceptors (Lipinski definition) is 5. The first-order valence-electron chi connectivity index (χ1n) is 8.06. The van der Waals surface area contributed by atoms with Crippen LogP contribution in [0.25, 0.3) is 0 Å². The number of carbonyl (C=O) groups excluding carboxylic acids is 1. The molecule has 142 valence electrons. The van der Waals surface area contributed by atoms with Gasteiger partial charge in [-0.3, -0.25) is 0 Å². The number of hydrogen-bond donors (Lipinski definition) is 1. The number of likely N-dealkylation sites (N-methyl/N-ethyl adjacent to an activating group) is 1. The summed E-state index contributed by atoms with van der Waals surface area (Å²) in [6.07, 6.45) is 1.000. The molecule has 0 aliphatic carbocycles. The van der Waals surface area contributed by atoms with Crippen LogP contribution in [-0.4, -0.2) is 63.2 Å². The molecule has 0 radical (unpaired) electrons. The van der Waals surface area contributed by atoms with Gasteiger partial charge < -0.3 is 19.3 Å². The maximum Gasteiger partial charge on any atom is 0.318 e. The lowest BCUT2D eigenvalue weighted by Gasteiger charge is -2.29. The molecule has 0 heterocycles. The second-order valence-electron chi connectivity index (χ2n) is 7.30. The molecule has 0 atom stereocenters. The van der Waals surface area contributed by atoms with E-state index in [2.05, 4.69) is 5.32 Å². The van der Waals surface area contributed by atoms with Gasteiger partial charge in [0.15, 0.2) is 0 Å². The highest BCUT2D eigenvalue weighted by molar-refractivity contribution is 7.86. The molecule has 0 bridgehead atoms. The number of amides is 2. The Balaban J connectivity index is 3.03. The van der Waals surface area contributed by atoms with E-state index in [1.807, 2.05) is 39.8 Å². The monoisotopic (exact) mass is 371 g/mol. The van der Waals surface area contributed by atoms with Crippen LogP contribution >= 0.6 is 0 Å². The molecule has 1 aromatic carbocycles. The topological polar surface area (TPSA) is 79.0 Å². The number of nitrogens with one attached hydrogen (secondary N) is 1. The van der Waals surface area contributed by atoms with E-state index >= 15 is 0 Å². The predicted octanol–water partition coefficient (Wildman–Crippen LogP) is 1.90. The molecule has 0 fully saturated rings. The van der Waals surface area contributed by atoms with E-state index in [9.17, 15) is 13.2 Å². The van der Waals surface area contributed by atoms with Gasteiger partial charge in [0, 0.05) is 24.2 Å². The third-order valence-corrected chi connectivity index (χ3v) is 3.64. The zero-order chi connectivity index (χ0) is 19.3. The molecule has 0 unspecified atom stereocenters. The first kappa shape index (κ1) is 21.2. The Morgan fingerprint density at radius 1 is 1.16 bits per heavy atom. The second kappa shape index (κ2) is 8.53. The summed E-state index contributed by atoms with van der Waals surface area (Å²) in [7, 11) is 0.225. The first-order chi connectivity index (χ1) is 11.4. The number of benzene rings is 1. The van der Waals surface area contributed by atoms with Gasteiger partial charge in [-0.15, -0.1) is 0 Å². The zero-order valence-electron chi connectivity index (χ0n) is 15.9. The molecule has 25 heavy (non-hydrogen) atoms. The fraction of sp³-hybridized carbons (Fsp3) is 0.588. The molecular formula is C17H29N3O4S. The molecular weight excluding hydrogens is 342 g/mol. The summed E-state index contributed by atoms with van der Waals surface area (Å²) in [4.78, 5) is 16.2. The maximum atomic E-state index is 12.6. The van der Waals surface area contributed by atoms with Crippen molar-refractivity contribution in [3.8, 4) is 5.75 Å². The van der Waals surface area contributed by atoms with Gasteiger partial charge in [0.05, 0.1) is 12.8 Å². The molecule has 0 saturated heterocycles. The minimum atomic E-state index is -3.64. The van der Waals surface area contributed by atoms with Gasteiger partial charge in [-0.1, -0.05) is 18.2 Å². The number of nitrogens with zero attached hydrogens (tertiary/aromatic N) is 2. The van der Waals surface area contributed by atoms with Crippen molar-refractivity contribution < 1.29 is 17.4 Å². The summed E-state index contributed by atoms with van der Waals surface area (Å²) in [5, 5.41) is 2.94. The van der Waals surface area contributed by atoms with Crippen molar-refractivity contribution in [2.24, 2.45) is 0 Å². The second-order valence-corrected chi connectivity index (χ2v) is 8.88. The molecule has 8 heteroatoms. The maximum absolute atomic E-state index is 12.6. The first-order valence-corrected chi connectivity index (χ1v) is 9.88. The molecule has 1 aromatic rings. The molecule has 7 nitrogen and oxygen atoms in total. The summed E-state index contributed by atoms with van der Waals surface area (Å²) < 4.78 is 28.0. The summed E-state index contributed by atoms with van der Waals surface area (Å²) in [6.45, 7) is 7.18. The lowest BCUT2D eigenvalue weighted by molar-refractivity contribution is 0.180. The lowest BCUT2D eigenvalue weighted by atomic mass is 10.1. The van der Waals surface area contributed by atoms with Crippen LogP contribution in [0.1, 0.15) is 26.3 Å². The van der Waals surface area contributed by atoms with Crippen molar-refractivity contribution in [3.05, 3.63) is 29.8 Å².